The summed E-state index contributed by atoms with van der Waals surface area (Å²) in [7, 11) is 11.2. The number of hydrogen-bond donors (Lipinski definition) is 6. The third-order valence-corrected chi connectivity index (χ3v) is 21.9. The third kappa shape index (κ3) is 26.2. The summed E-state index contributed by atoms with van der Waals surface area (Å²) in [5.41, 5.74) is 13.3. The first-order valence-electron chi connectivity index (χ1n) is 39.6. The Labute approximate surface area is 803 Å². The fourth-order valence-electron chi connectivity index (χ4n) is 13.1. The van der Waals surface area contributed by atoms with Gasteiger partial charge in [-0.3, -0.25) is 29.8 Å². The van der Waals surface area contributed by atoms with Crippen molar-refractivity contribution in [2.75, 3.05) is 76.5 Å². The number of aromatic nitrogens is 10. The lowest BCUT2D eigenvalue weighted by atomic mass is 10.0. The van der Waals surface area contributed by atoms with Crippen molar-refractivity contribution >= 4 is 218 Å². The number of nitrogens with one attached hydrogen (secondary N) is 3. The van der Waals surface area contributed by atoms with Crippen LogP contribution >= 0.6 is 104 Å². The van der Waals surface area contributed by atoms with E-state index >= 15 is 8.78 Å². The van der Waals surface area contributed by atoms with Crippen molar-refractivity contribution in [3.05, 3.63) is 264 Å². The van der Waals surface area contributed by atoms with Gasteiger partial charge in [0.25, 0.3) is 17.3 Å². The van der Waals surface area contributed by atoms with Gasteiger partial charge in [-0.1, -0.05) is 110 Å². The van der Waals surface area contributed by atoms with Crippen LogP contribution in [0.5, 0.6) is 11.5 Å². The molecular weight excluding hydrogens is 1960 g/mol. The van der Waals surface area contributed by atoms with Gasteiger partial charge in [-0.15, -0.1) is 0 Å². The maximum atomic E-state index is 15.5. The minimum atomic E-state index is -4.03. The van der Waals surface area contributed by atoms with E-state index in [9.17, 15) is 66.9 Å². The summed E-state index contributed by atoms with van der Waals surface area (Å²) < 4.78 is 113. The second kappa shape index (κ2) is 46.6. The van der Waals surface area contributed by atoms with Crippen LogP contribution in [0.3, 0.4) is 0 Å². The average molecular weight is 2040 g/mol. The molecule has 1 saturated heterocycles. The number of esters is 2. The number of nitro groups is 2. The van der Waals surface area contributed by atoms with Crippen molar-refractivity contribution in [2.24, 2.45) is 35.2 Å². The van der Waals surface area contributed by atoms with E-state index in [0.29, 0.717) is 104 Å². The van der Waals surface area contributed by atoms with Gasteiger partial charge >= 0.3 is 41.5 Å². The van der Waals surface area contributed by atoms with Crippen molar-refractivity contribution in [1.82, 2.24) is 58.0 Å². The van der Waals surface area contributed by atoms with Crippen molar-refractivity contribution in [2.45, 2.75) is 56.6 Å². The zero-order valence-electron chi connectivity index (χ0n) is 71.9. The second-order valence-corrected chi connectivity index (χ2v) is 32.6. The average Bonchev–Trinajstić information content (AvgIpc) is 1.63. The number of benzene rings is 9. The molecule has 134 heavy (non-hydrogen) atoms. The first kappa shape index (κ1) is 105. The summed E-state index contributed by atoms with van der Waals surface area (Å²) in [6.07, 6.45) is 2.47. The molecule has 9 aromatic carbocycles. The van der Waals surface area contributed by atoms with E-state index in [1.807, 2.05) is 47.8 Å². The van der Waals surface area contributed by atoms with Crippen LogP contribution in [0.4, 0.5) is 54.8 Å². The number of aryl methyl sites for hydroxylation is 5. The molecule has 0 bridgehead atoms. The number of anilines is 3. The van der Waals surface area contributed by atoms with Crippen LogP contribution in [-0.4, -0.2) is 169 Å². The van der Waals surface area contributed by atoms with Crippen LogP contribution in [0.15, 0.2) is 170 Å². The number of carboxylic acid groups (broad SMARTS) is 1. The van der Waals surface area contributed by atoms with Crippen molar-refractivity contribution < 1.29 is 89.3 Å². The van der Waals surface area contributed by atoms with Crippen LogP contribution in [-0.2, 0) is 81.7 Å². The quantitative estimate of drug-likeness (QED) is 0.00833. The number of halogens is 15. The fraction of sp³-hybridized carbons (Fsp3) is 0.264. The highest BCUT2D eigenvalue weighted by Gasteiger charge is 2.49. The van der Waals surface area contributed by atoms with E-state index in [-0.39, 0.29) is 53.0 Å². The second-order valence-electron chi connectivity index (χ2n) is 28.7. The van der Waals surface area contributed by atoms with E-state index in [1.165, 1.54) is 87.2 Å². The van der Waals surface area contributed by atoms with E-state index in [4.69, 9.17) is 125 Å². The number of nitrogens with two attached hydrogens (primary N) is 1. The predicted octanol–water partition coefficient (Wildman–Crippen LogP) is 20.0. The van der Waals surface area contributed by atoms with Crippen molar-refractivity contribution in [3.63, 3.8) is 0 Å². The Morgan fingerprint density at radius 1 is 0.507 bits per heavy atom. The van der Waals surface area contributed by atoms with E-state index < -0.39 is 86.8 Å². The zero-order valence-corrected chi connectivity index (χ0v) is 78.8. The highest BCUT2D eigenvalue weighted by atomic mass is 35.5. The summed E-state index contributed by atoms with van der Waals surface area (Å²) in [4.78, 5) is 99.3. The molecule has 5 aromatic heterocycles. The maximum absolute atomic E-state index is 15.5. The topological polar surface area (TPSA) is 403 Å². The highest BCUT2D eigenvalue weighted by Crippen LogP contribution is 2.39. The van der Waals surface area contributed by atoms with Gasteiger partial charge in [0.05, 0.1) is 102 Å². The molecule has 32 nitrogen and oxygen atoms in total. The molecule has 0 aliphatic carbocycles. The van der Waals surface area contributed by atoms with Crippen LogP contribution in [0.1, 0.15) is 66.4 Å². The zero-order chi connectivity index (χ0) is 98.7. The maximum Gasteiger partial charge on any atom is 0.399 e. The number of aliphatic hydroxyl groups excluding tert-OH is 1. The number of likely N-dealkylation sites (tertiary alicyclic amines) is 1. The number of aliphatic carboxylic acids is 1. The number of carbonyl (C=O) groups excluding carboxylic acids is 4. The first-order valence-corrected chi connectivity index (χ1v) is 43.0. The van der Waals surface area contributed by atoms with Crippen molar-refractivity contribution in [1.29, 1.82) is 0 Å². The SMILES string of the molecule is CCOC(=O)C(=O)c1nc2cc(Cl)ccc2n1C.CCOC(=O)C(F)(F)c1nc2cc(Cl)ccc2n1C.CNc1ccc(Cl)cc1N.CNc1ccc(Cl)cc1[N+](=O)[O-].Cn1c(C(F)(F)C(=O)N[C@H](CN2CCCC2)[C@H](O)c2ccc3c(c2)OCCO3)nc2cc(Cl)ccc21.Cn1c(C(F)(F)C(=O)O)nc2cc(Cl)ccc21.Cn1cnc2cc(Cl)ccc21.O=[N+]([O-])c1cc(Cl)ccc1Cl. The lowest BCUT2D eigenvalue weighted by Gasteiger charge is -2.30. The summed E-state index contributed by atoms with van der Waals surface area (Å²) in [5.74, 6) is -19.9. The Hall–Kier alpha value is -12.2. The molecule has 710 valence electrons. The number of alkyl halides is 6. The molecule has 2 aliphatic heterocycles. The van der Waals surface area contributed by atoms with Gasteiger partial charge in [0.2, 0.25) is 0 Å². The molecule has 0 radical (unpaired) electrons. The molecule has 16 rings (SSSR count). The number of imidazole rings is 5. The molecule has 0 saturated carbocycles. The number of aliphatic hydroxyl groups is 1. The van der Waals surface area contributed by atoms with Gasteiger partial charge in [0.15, 0.2) is 34.8 Å². The van der Waals surface area contributed by atoms with Crippen LogP contribution < -0.4 is 31.2 Å². The number of nitrogen functional groups attached to an aromatic ring is 1. The summed E-state index contributed by atoms with van der Waals surface area (Å²) >= 11 is 51.3. The normalized spacial score (nSPS) is 12.6. The number of hydrogen-bond acceptors (Lipinski definition) is 23. The first-order chi connectivity index (χ1) is 63.2. The molecule has 0 unspecified atom stereocenters. The molecule has 7 N–H and O–H groups in total. The molecule has 0 spiro atoms. The number of fused-ring (bicyclic) bond motifs is 6. The number of ketones is 1. The Morgan fingerprint density at radius 3 is 1.38 bits per heavy atom. The number of Topliss-reactive ketones (excluding diaryl/α,β-unsaturated/α-hetero) is 1. The number of nitrogens with zero attached hydrogens (tertiary/aromatic N) is 13. The Bertz CT molecular complexity index is 6660. The molecule has 2 aliphatic rings. The van der Waals surface area contributed by atoms with E-state index in [1.54, 1.807) is 117 Å². The summed E-state index contributed by atoms with van der Waals surface area (Å²) in [6, 6.07) is 42.3. The van der Waals surface area contributed by atoms with Gasteiger partial charge < -0.3 is 78.6 Å². The Balaban J connectivity index is 0.000000180. The lowest BCUT2D eigenvalue weighted by molar-refractivity contribution is -0.384. The molecule has 47 heteroatoms. The lowest BCUT2D eigenvalue weighted by Crippen LogP contribution is -2.51. The summed E-state index contributed by atoms with van der Waals surface area (Å²) in [5, 5.41) is 52.2. The van der Waals surface area contributed by atoms with Gasteiger partial charge in [-0.05, 0) is 191 Å². The number of ether oxygens (including phenoxy) is 4. The van der Waals surface area contributed by atoms with Gasteiger partial charge in [-0.25, -0.2) is 39.3 Å². The standard InChI is InChI=1S/C25H27ClF2N4O4.C12H11ClF2N2O2.C12H11ClN2O3.C10H7ClF2N2O2.C8H7ClN2.C7H7ClN2O2.C7H9ClN2.C6H3Cl2NO2/c1-31-19-6-5-16(26)13-17(19)29-23(31)25(27,28)24(34)30-18(14-32-8-2-3-9-32)22(33)15-4-7-20-21(12-15)36-11-10-35-20;1-3-19-11(18)12(14,15)10-16-8-6-7(13)4-5-9(8)17(10)2;1-3-18-12(17)10(16)11-14-8-6-7(13)4-5-9(8)15(11)2;1-15-7-3-2-5(11)4-6(7)14-8(15)10(12,13)9(16)17;1-11-5-10-7-4-6(9)2-3-8(7)11;1-9-6-3-2-5(8)4-7(6)10(11)12;1-10-7-3-2-5(8)4-6(7)9;7-4-1-2-5(8)6(3-4)9(10)11/h4-7,12-13,18,22,33H,2-3,8-11,14H2,1H3,(H,30,34);4-6H,3H2,1-2H3;4-6H,3H2,1-2H3;2-4H,1H3,(H,16,17);2-5H,1H3;2-4,9H,1H3;2-4,10H,9H2,1H3;1-3H/t18-,22-;;;;;;;/m1......./s1. The van der Waals surface area contributed by atoms with E-state index in [0.717, 1.165) is 62.3 Å². The smallest absolute Gasteiger partial charge is 0.399 e. The highest BCUT2D eigenvalue weighted by molar-refractivity contribution is 6.40. The molecule has 1 fully saturated rings. The van der Waals surface area contributed by atoms with Crippen molar-refractivity contribution in [3.8, 4) is 11.5 Å². The third-order valence-electron chi connectivity index (χ3n) is 19.7. The number of carbonyl (C=O) groups is 5. The van der Waals surface area contributed by atoms with E-state index in [2.05, 4.69) is 50.3 Å². The van der Waals surface area contributed by atoms with Gasteiger partial charge in [0, 0.05) is 108 Å². The summed E-state index contributed by atoms with van der Waals surface area (Å²) in [6.45, 7) is 5.68. The largest absolute Gasteiger partial charge is 0.486 e. The number of rotatable bonds is 19. The number of amides is 1. The van der Waals surface area contributed by atoms with Gasteiger partial charge in [-0.2, -0.15) is 26.3 Å². The fourth-order valence-corrected chi connectivity index (χ4v) is 14.6. The molecule has 1 amide bonds. The van der Waals surface area contributed by atoms with Crippen LogP contribution in [0.2, 0.25) is 45.2 Å². The van der Waals surface area contributed by atoms with Crippen LogP contribution in [0, 0.1) is 20.2 Å². The molecule has 2 atom stereocenters. The molecule has 7 heterocycles. The monoisotopic (exact) mass is 2030 g/mol. The predicted molar refractivity (Wildman–Crippen MR) is 502 cm³/mol. The number of nitro benzene ring substituents is 2. The molecule has 14 aromatic rings. The van der Waals surface area contributed by atoms with Crippen LogP contribution in [0.25, 0.3) is 55.2 Å². The Kier molecular flexibility index (Phi) is 36.7. The number of carboxylic acids is 1. The van der Waals surface area contributed by atoms with Gasteiger partial charge in [0.1, 0.15) is 30.0 Å². The molecular formula is C87H82Cl9F6N17O15. The minimum absolute atomic E-state index is 0.00926. The minimum Gasteiger partial charge on any atom is -0.486 e. The Morgan fingerprint density at radius 2 is 0.918 bits per heavy atom.